The molecule has 1 aromatic carbocycles. The Hall–Kier alpha value is -1.88. The fourth-order valence-corrected chi connectivity index (χ4v) is 2.34. The van der Waals surface area contributed by atoms with Crippen molar-refractivity contribution in [2.75, 3.05) is 6.61 Å². The Morgan fingerprint density at radius 3 is 2.90 bits per heavy atom. The van der Waals surface area contributed by atoms with Crippen LogP contribution < -0.4 is 10.1 Å². The third-order valence-electron chi connectivity index (χ3n) is 3.31. The lowest BCUT2D eigenvalue weighted by Crippen LogP contribution is -2.40. The highest BCUT2D eigenvalue weighted by Gasteiger charge is 2.28. The van der Waals surface area contributed by atoms with Crippen LogP contribution in [-0.4, -0.2) is 29.4 Å². The van der Waals surface area contributed by atoms with E-state index in [0.717, 1.165) is 5.56 Å². The summed E-state index contributed by atoms with van der Waals surface area (Å²) in [6, 6.07) is 5.16. The minimum atomic E-state index is -0.830. The molecular weight excluding hydrogens is 258 g/mol. The summed E-state index contributed by atoms with van der Waals surface area (Å²) in [7, 11) is 0. The molecule has 1 amide bonds. The molecular formula is C15H19NO4. The number of carbonyl (C=O) groups excluding carboxylic acids is 2. The molecule has 5 nitrogen and oxygen atoms in total. The van der Waals surface area contributed by atoms with Gasteiger partial charge in [0, 0.05) is 12.0 Å². The van der Waals surface area contributed by atoms with Gasteiger partial charge in [-0.25, -0.2) is 0 Å². The van der Waals surface area contributed by atoms with Gasteiger partial charge in [0.15, 0.2) is 0 Å². The number of benzene rings is 1. The van der Waals surface area contributed by atoms with Crippen molar-refractivity contribution in [1.82, 2.24) is 5.32 Å². The lowest BCUT2D eigenvalue weighted by atomic mass is 9.98. The zero-order chi connectivity index (χ0) is 14.7. The quantitative estimate of drug-likeness (QED) is 0.816. The van der Waals surface area contributed by atoms with Crippen LogP contribution in [0.15, 0.2) is 18.2 Å². The number of aliphatic hydroxyl groups excluding tert-OH is 1. The average Bonchev–Trinajstić information content (AvgIpc) is 2.50. The second-order valence-corrected chi connectivity index (χ2v) is 5.18. The van der Waals surface area contributed by atoms with Gasteiger partial charge in [-0.1, -0.05) is 11.6 Å². The predicted molar refractivity (Wildman–Crippen MR) is 73.5 cm³/mol. The molecule has 0 saturated carbocycles. The molecule has 1 aromatic rings. The number of hydrogen-bond acceptors (Lipinski definition) is 4. The van der Waals surface area contributed by atoms with Gasteiger partial charge in [-0.3, -0.25) is 9.59 Å². The van der Waals surface area contributed by atoms with Crippen LogP contribution in [0.25, 0.3) is 0 Å². The largest absolute Gasteiger partial charge is 0.493 e. The van der Waals surface area contributed by atoms with Gasteiger partial charge >= 0.3 is 0 Å². The highest BCUT2D eigenvalue weighted by molar-refractivity contribution is 5.96. The molecule has 2 N–H and O–H groups in total. The number of amides is 1. The van der Waals surface area contributed by atoms with Gasteiger partial charge in [-0.05, 0) is 26.0 Å². The number of aryl methyl sites for hydroxylation is 1. The van der Waals surface area contributed by atoms with E-state index in [0.29, 0.717) is 24.3 Å². The molecule has 0 radical (unpaired) electrons. The summed E-state index contributed by atoms with van der Waals surface area (Å²) in [6.45, 7) is 3.71. The molecule has 1 aliphatic heterocycles. The second kappa shape index (κ2) is 6.05. The maximum atomic E-state index is 11.7. The van der Waals surface area contributed by atoms with Crippen LogP contribution in [0.4, 0.5) is 0 Å². The van der Waals surface area contributed by atoms with E-state index < -0.39 is 12.1 Å². The van der Waals surface area contributed by atoms with Crippen LogP contribution in [0, 0.1) is 6.92 Å². The van der Waals surface area contributed by atoms with E-state index in [1.165, 1.54) is 6.92 Å². The first-order valence-corrected chi connectivity index (χ1v) is 6.67. The topological polar surface area (TPSA) is 75.6 Å². The molecule has 20 heavy (non-hydrogen) atoms. The Morgan fingerprint density at radius 2 is 2.20 bits per heavy atom. The van der Waals surface area contributed by atoms with Crippen molar-refractivity contribution in [3.05, 3.63) is 29.3 Å². The van der Waals surface area contributed by atoms with Gasteiger partial charge < -0.3 is 15.2 Å². The van der Waals surface area contributed by atoms with Crippen LogP contribution in [0.1, 0.15) is 37.0 Å². The molecule has 1 heterocycles. The van der Waals surface area contributed by atoms with E-state index in [2.05, 4.69) is 5.32 Å². The zero-order valence-corrected chi connectivity index (χ0v) is 11.7. The first-order chi connectivity index (χ1) is 9.47. The number of Topliss-reactive ketones (excluding diaryl/α,β-unsaturated/α-hetero) is 1. The van der Waals surface area contributed by atoms with E-state index in [1.54, 1.807) is 0 Å². The zero-order valence-electron chi connectivity index (χ0n) is 11.7. The van der Waals surface area contributed by atoms with E-state index in [-0.39, 0.29) is 18.1 Å². The number of ketones is 1. The van der Waals surface area contributed by atoms with Crippen molar-refractivity contribution >= 4 is 11.7 Å². The molecule has 0 bridgehead atoms. The number of hydrogen-bond donors (Lipinski definition) is 2. The van der Waals surface area contributed by atoms with Gasteiger partial charge in [0.25, 0.3) is 0 Å². The van der Waals surface area contributed by atoms with Crippen molar-refractivity contribution < 1.29 is 19.4 Å². The van der Waals surface area contributed by atoms with Crippen molar-refractivity contribution in [1.29, 1.82) is 0 Å². The normalized spacial score (nSPS) is 21.4. The van der Waals surface area contributed by atoms with Crippen molar-refractivity contribution in [3.8, 4) is 5.75 Å². The number of nitrogens with one attached hydrogen (secondary N) is 1. The summed E-state index contributed by atoms with van der Waals surface area (Å²) in [5.74, 6) is 0.0853. The number of carbonyl (C=O) groups is 2. The summed E-state index contributed by atoms with van der Waals surface area (Å²) in [5, 5.41) is 13.1. The van der Waals surface area contributed by atoms with E-state index in [4.69, 9.17) is 4.74 Å². The Balaban J connectivity index is 2.16. The summed E-state index contributed by atoms with van der Waals surface area (Å²) in [6.07, 6.45) is -0.494. The SMILES string of the molecule is CC(=O)CC(=O)NC1CCOc2ccc(C)cc2C1O. The fraction of sp³-hybridized carbons (Fsp3) is 0.467. The van der Waals surface area contributed by atoms with Crippen LogP contribution >= 0.6 is 0 Å². The average molecular weight is 277 g/mol. The fourth-order valence-electron chi connectivity index (χ4n) is 2.34. The van der Waals surface area contributed by atoms with Gasteiger partial charge in [-0.15, -0.1) is 0 Å². The van der Waals surface area contributed by atoms with Crippen LogP contribution in [-0.2, 0) is 9.59 Å². The van der Waals surface area contributed by atoms with Crippen molar-refractivity contribution in [3.63, 3.8) is 0 Å². The number of aliphatic hydroxyl groups is 1. The Morgan fingerprint density at radius 1 is 1.45 bits per heavy atom. The Labute approximate surface area is 117 Å². The minimum absolute atomic E-state index is 0.162. The molecule has 1 aliphatic rings. The molecule has 2 atom stereocenters. The number of rotatable bonds is 3. The van der Waals surface area contributed by atoms with Crippen LogP contribution in [0.5, 0.6) is 5.75 Å². The maximum Gasteiger partial charge on any atom is 0.227 e. The van der Waals surface area contributed by atoms with E-state index >= 15 is 0 Å². The summed E-state index contributed by atoms with van der Waals surface area (Å²) in [4.78, 5) is 22.6. The molecule has 0 spiro atoms. The van der Waals surface area contributed by atoms with E-state index in [1.807, 2.05) is 25.1 Å². The van der Waals surface area contributed by atoms with Gasteiger partial charge in [-0.2, -0.15) is 0 Å². The van der Waals surface area contributed by atoms with Crippen LogP contribution in [0.3, 0.4) is 0 Å². The molecule has 0 aliphatic carbocycles. The van der Waals surface area contributed by atoms with E-state index in [9.17, 15) is 14.7 Å². The molecule has 2 unspecified atom stereocenters. The first kappa shape index (κ1) is 14.5. The lowest BCUT2D eigenvalue weighted by Gasteiger charge is -2.22. The predicted octanol–water partition coefficient (Wildman–Crippen LogP) is 1.27. The summed E-state index contributed by atoms with van der Waals surface area (Å²) < 4.78 is 5.59. The first-order valence-electron chi connectivity index (χ1n) is 6.67. The summed E-state index contributed by atoms with van der Waals surface area (Å²) in [5.41, 5.74) is 1.69. The number of ether oxygens (including phenoxy) is 1. The Bertz CT molecular complexity index is 527. The lowest BCUT2D eigenvalue weighted by molar-refractivity contribution is -0.128. The molecule has 2 rings (SSSR count). The van der Waals surface area contributed by atoms with Crippen molar-refractivity contribution in [2.24, 2.45) is 0 Å². The second-order valence-electron chi connectivity index (χ2n) is 5.18. The third-order valence-corrected chi connectivity index (χ3v) is 3.31. The highest BCUT2D eigenvalue weighted by Crippen LogP contribution is 2.32. The maximum absolute atomic E-state index is 11.7. The number of fused-ring (bicyclic) bond motifs is 1. The molecule has 5 heteroatoms. The van der Waals surface area contributed by atoms with Crippen LogP contribution in [0.2, 0.25) is 0 Å². The third kappa shape index (κ3) is 3.36. The van der Waals surface area contributed by atoms with Gasteiger partial charge in [0.05, 0.1) is 19.1 Å². The minimum Gasteiger partial charge on any atom is -0.493 e. The molecule has 108 valence electrons. The monoisotopic (exact) mass is 277 g/mol. The van der Waals surface area contributed by atoms with Gasteiger partial charge in [0.1, 0.15) is 17.6 Å². The summed E-state index contributed by atoms with van der Waals surface area (Å²) >= 11 is 0. The molecule has 0 fully saturated rings. The molecule has 0 saturated heterocycles. The Kier molecular flexibility index (Phi) is 4.39. The standard InChI is InChI=1S/C15H19NO4/c1-9-3-4-13-11(7-9)15(19)12(5-6-20-13)16-14(18)8-10(2)17/h3-4,7,12,15,19H,5-6,8H2,1-2H3,(H,16,18). The van der Waals surface area contributed by atoms with Crippen molar-refractivity contribution in [2.45, 2.75) is 38.8 Å². The highest BCUT2D eigenvalue weighted by atomic mass is 16.5. The van der Waals surface area contributed by atoms with Gasteiger partial charge in [0.2, 0.25) is 5.91 Å². The smallest absolute Gasteiger partial charge is 0.227 e. The molecule has 0 aromatic heterocycles.